The molecule has 0 radical (unpaired) electrons. The van der Waals surface area contributed by atoms with E-state index in [4.69, 9.17) is 11.6 Å². The van der Waals surface area contributed by atoms with E-state index in [9.17, 15) is 4.79 Å². The summed E-state index contributed by atoms with van der Waals surface area (Å²) in [6.07, 6.45) is 2.36. The molecule has 1 saturated heterocycles. The number of hydrogen-bond donors (Lipinski definition) is 0. The normalized spacial score (nSPS) is 20.2. The van der Waals surface area contributed by atoms with Crippen LogP contribution in [0.3, 0.4) is 0 Å². The third-order valence-corrected chi connectivity index (χ3v) is 4.09. The first kappa shape index (κ1) is 11.7. The smallest absolute Gasteiger partial charge is 0.227 e. The Morgan fingerprint density at radius 3 is 2.94 bits per heavy atom. The van der Waals surface area contributed by atoms with Crippen molar-refractivity contribution in [3.63, 3.8) is 0 Å². The summed E-state index contributed by atoms with van der Waals surface area (Å²) >= 11 is 9.41. The van der Waals surface area contributed by atoms with E-state index in [1.54, 1.807) is 11.0 Å². The minimum atomic E-state index is 0.118. The zero-order chi connectivity index (χ0) is 11.7. The van der Waals surface area contributed by atoms with E-state index in [1.165, 1.54) is 0 Å². The molecule has 1 aliphatic rings. The Hall–Kier alpha value is -0.800. The van der Waals surface area contributed by atoms with E-state index in [0.717, 1.165) is 10.2 Å². The molecule has 2 nitrogen and oxygen atoms in total. The van der Waals surface area contributed by atoms with Gasteiger partial charge >= 0.3 is 0 Å². The van der Waals surface area contributed by atoms with E-state index >= 15 is 0 Å². The lowest BCUT2D eigenvalue weighted by Gasteiger charge is -2.18. The average Bonchev–Trinajstić information content (AvgIpc) is 2.64. The number of nitrogens with zero attached hydrogens (tertiary/aromatic N) is 1. The van der Waals surface area contributed by atoms with Gasteiger partial charge < -0.3 is 4.90 Å². The number of amides is 1. The van der Waals surface area contributed by atoms with Gasteiger partial charge in [-0.15, -0.1) is 6.58 Å². The van der Waals surface area contributed by atoms with E-state index in [2.05, 4.69) is 22.5 Å². The largest absolute Gasteiger partial charge is 0.311 e. The highest BCUT2D eigenvalue weighted by Gasteiger charge is 2.29. The van der Waals surface area contributed by atoms with Crippen LogP contribution in [0, 0.1) is 5.92 Å². The van der Waals surface area contributed by atoms with Crippen LogP contribution in [0.15, 0.2) is 35.3 Å². The molecule has 84 valence electrons. The van der Waals surface area contributed by atoms with Gasteiger partial charge in [-0.25, -0.2) is 0 Å². The molecule has 1 aliphatic heterocycles. The van der Waals surface area contributed by atoms with Crippen LogP contribution in [0.2, 0.25) is 5.02 Å². The Morgan fingerprint density at radius 1 is 1.56 bits per heavy atom. The number of anilines is 1. The van der Waals surface area contributed by atoms with Crippen molar-refractivity contribution in [3.05, 3.63) is 40.3 Å². The Labute approximate surface area is 108 Å². The van der Waals surface area contributed by atoms with Crippen LogP contribution >= 0.6 is 27.5 Å². The first-order chi connectivity index (χ1) is 7.63. The molecule has 1 unspecified atom stereocenters. The Morgan fingerprint density at radius 2 is 2.31 bits per heavy atom. The van der Waals surface area contributed by atoms with E-state index in [0.29, 0.717) is 18.0 Å². The SMILES string of the molecule is C=CC1CC(=O)N(c2cccc(Cl)c2Br)C1. The summed E-state index contributed by atoms with van der Waals surface area (Å²) in [5.74, 6) is 0.353. The van der Waals surface area contributed by atoms with Crippen molar-refractivity contribution < 1.29 is 4.79 Å². The number of carbonyl (C=O) groups is 1. The van der Waals surface area contributed by atoms with Crippen LogP contribution in [0.1, 0.15) is 6.42 Å². The highest BCUT2D eigenvalue weighted by atomic mass is 79.9. The van der Waals surface area contributed by atoms with Crippen LogP contribution in [0.25, 0.3) is 0 Å². The average molecular weight is 301 g/mol. The van der Waals surface area contributed by atoms with Crippen molar-refractivity contribution in [2.24, 2.45) is 5.92 Å². The predicted octanol–water partition coefficient (Wildman–Crippen LogP) is 3.64. The molecular weight excluding hydrogens is 289 g/mol. The Balaban J connectivity index is 2.35. The maximum Gasteiger partial charge on any atom is 0.227 e. The Kier molecular flexibility index (Phi) is 3.36. The second-order valence-electron chi connectivity index (χ2n) is 3.78. The molecule has 1 atom stereocenters. The molecule has 0 aliphatic carbocycles. The first-order valence-corrected chi connectivity index (χ1v) is 6.17. The number of rotatable bonds is 2. The second kappa shape index (κ2) is 4.60. The molecule has 1 fully saturated rings. The van der Waals surface area contributed by atoms with Crippen molar-refractivity contribution >= 4 is 39.1 Å². The first-order valence-electron chi connectivity index (χ1n) is 5.00. The fraction of sp³-hybridized carbons (Fsp3) is 0.250. The van der Waals surface area contributed by atoms with Gasteiger partial charge in [-0.3, -0.25) is 4.79 Å². The summed E-state index contributed by atoms with van der Waals surface area (Å²) in [5, 5.41) is 0.618. The van der Waals surface area contributed by atoms with Crippen LogP contribution in [0.5, 0.6) is 0 Å². The van der Waals surface area contributed by atoms with Gasteiger partial charge in [-0.1, -0.05) is 23.7 Å². The molecule has 1 aromatic carbocycles. The van der Waals surface area contributed by atoms with Gasteiger partial charge in [0.05, 0.1) is 15.2 Å². The fourth-order valence-electron chi connectivity index (χ4n) is 1.83. The third kappa shape index (κ3) is 2.02. The van der Waals surface area contributed by atoms with Crippen LogP contribution in [-0.4, -0.2) is 12.5 Å². The molecule has 1 amide bonds. The van der Waals surface area contributed by atoms with Gasteiger partial charge in [0.25, 0.3) is 0 Å². The molecule has 2 rings (SSSR count). The monoisotopic (exact) mass is 299 g/mol. The van der Waals surface area contributed by atoms with Gasteiger partial charge in [-0.2, -0.15) is 0 Å². The molecule has 1 heterocycles. The van der Waals surface area contributed by atoms with E-state index in [-0.39, 0.29) is 11.8 Å². The van der Waals surface area contributed by atoms with Crippen LogP contribution < -0.4 is 4.90 Å². The minimum absolute atomic E-state index is 0.118. The molecule has 0 bridgehead atoms. The standard InChI is InChI=1S/C12H11BrClNO/c1-2-8-6-11(16)15(7-8)10-5-3-4-9(14)12(10)13/h2-5,8H,1,6-7H2. The van der Waals surface area contributed by atoms with Gasteiger partial charge in [-0.05, 0) is 28.1 Å². The summed E-state index contributed by atoms with van der Waals surface area (Å²) in [7, 11) is 0. The number of hydrogen-bond acceptors (Lipinski definition) is 1. The van der Waals surface area contributed by atoms with Crippen molar-refractivity contribution in [2.45, 2.75) is 6.42 Å². The van der Waals surface area contributed by atoms with Crippen molar-refractivity contribution in [1.82, 2.24) is 0 Å². The lowest BCUT2D eigenvalue weighted by Crippen LogP contribution is -2.24. The molecular formula is C12H11BrClNO. The zero-order valence-electron chi connectivity index (χ0n) is 8.62. The van der Waals surface area contributed by atoms with Gasteiger partial charge in [0.1, 0.15) is 0 Å². The summed E-state index contributed by atoms with van der Waals surface area (Å²) in [4.78, 5) is 13.6. The molecule has 0 N–H and O–H groups in total. The number of halogens is 2. The lowest BCUT2D eigenvalue weighted by atomic mass is 10.1. The molecule has 0 spiro atoms. The third-order valence-electron chi connectivity index (χ3n) is 2.71. The van der Waals surface area contributed by atoms with Gasteiger partial charge in [0.2, 0.25) is 5.91 Å². The zero-order valence-corrected chi connectivity index (χ0v) is 11.0. The summed E-state index contributed by atoms with van der Waals surface area (Å²) in [5.41, 5.74) is 0.835. The van der Waals surface area contributed by atoms with Crippen molar-refractivity contribution in [3.8, 4) is 0 Å². The van der Waals surface area contributed by atoms with E-state index < -0.39 is 0 Å². The Bertz CT molecular complexity index is 447. The maximum absolute atomic E-state index is 11.8. The molecule has 1 aromatic rings. The van der Waals surface area contributed by atoms with Crippen LogP contribution in [-0.2, 0) is 4.79 Å². The summed E-state index contributed by atoms with van der Waals surface area (Å²) in [6, 6.07) is 5.52. The number of carbonyl (C=O) groups excluding carboxylic acids is 1. The molecule has 4 heteroatoms. The number of benzene rings is 1. The maximum atomic E-state index is 11.8. The van der Waals surface area contributed by atoms with Crippen molar-refractivity contribution in [2.75, 3.05) is 11.4 Å². The molecule has 0 saturated carbocycles. The van der Waals surface area contributed by atoms with E-state index in [1.807, 2.05) is 18.2 Å². The predicted molar refractivity (Wildman–Crippen MR) is 69.8 cm³/mol. The summed E-state index contributed by atoms with van der Waals surface area (Å²) in [6.45, 7) is 4.41. The topological polar surface area (TPSA) is 20.3 Å². The summed E-state index contributed by atoms with van der Waals surface area (Å²) < 4.78 is 0.773. The van der Waals surface area contributed by atoms with Crippen molar-refractivity contribution in [1.29, 1.82) is 0 Å². The minimum Gasteiger partial charge on any atom is -0.311 e. The highest BCUT2D eigenvalue weighted by Crippen LogP contribution is 2.35. The fourth-order valence-corrected chi connectivity index (χ4v) is 2.47. The molecule has 0 aromatic heterocycles. The molecule has 16 heavy (non-hydrogen) atoms. The highest BCUT2D eigenvalue weighted by molar-refractivity contribution is 9.10. The lowest BCUT2D eigenvalue weighted by molar-refractivity contribution is -0.117. The quantitative estimate of drug-likeness (QED) is 0.764. The van der Waals surface area contributed by atoms with Gasteiger partial charge in [0, 0.05) is 18.9 Å². The van der Waals surface area contributed by atoms with Gasteiger partial charge in [0.15, 0.2) is 0 Å². The van der Waals surface area contributed by atoms with Crippen LogP contribution in [0.4, 0.5) is 5.69 Å². The second-order valence-corrected chi connectivity index (χ2v) is 4.98.